The van der Waals surface area contributed by atoms with Gasteiger partial charge in [0.1, 0.15) is 6.54 Å². The first-order chi connectivity index (χ1) is 11.2. The number of para-hydroxylation sites is 2. The topological polar surface area (TPSA) is 73.2 Å². The molecule has 1 N–H and O–H groups in total. The molecule has 0 aliphatic rings. The van der Waals surface area contributed by atoms with Gasteiger partial charge in [0, 0.05) is 5.69 Å². The number of fused-ring (bicyclic) bond motifs is 1. The normalized spacial score (nSPS) is 10.5. The fourth-order valence-electron chi connectivity index (χ4n) is 2.30. The summed E-state index contributed by atoms with van der Waals surface area (Å²) in [4.78, 5) is 27.8. The molecule has 6 nitrogen and oxygen atoms in total. The number of nitrogens with zero attached hydrogens (tertiary/aromatic N) is 2. The van der Waals surface area contributed by atoms with E-state index in [0.29, 0.717) is 11.3 Å². The molecule has 116 valence electrons. The number of rotatable bonds is 4. The van der Waals surface area contributed by atoms with Gasteiger partial charge in [-0.15, -0.1) is 0 Å². The first-order valence-corrected chi connectivity index (χ1v) is 7.05. The highest BCUT2D eigenvalue weighted by Crippen LogP contribution is 2.13. The molecule has 0 bridgehead atoms. The summed E-state index contributed by atoms with van der Waals surface area (Å²) in [5.41, 5.74) is 2.81. The van der Waals surface area contributed by atoms with E-state index in [2.05, 4.69) is 15.0 Å². The second kappa shape index (κ2) is 6.31. The Bertz CT molecular complexity index is 853. The SMILES string of the molecule is COC(=O)c1ccc(NC(=O)Cn2cnc3ccccc32)cc1. The maximum Gasteiger partial charge on any atom is 0.337 e. The number of esters is 1. The highest BCUT2D eigenvalue weighted by Gasteiger charge is 2.08. The third kappa shape index (κ3) is 3.21. The van der Waals surface area contributed by atoms with Crippen LogP contribution in [0.5, 0.6) is 0 Å². The van der Waals surface area contributed by atoms with Gasteiger partial charge in [0.2, 0.25) is 5.91 Å². The van der Waals surface area contributed by atoms with Crippen molar-refractivity contribution in [1.29, 1.82) is 0 Å². The van der Waals surface area contributed by atoms with E-state index in [9.17, 15) is 9.59 Å². The Balaban J connectivity index is 1.68. The van der Waals surface area contributed by atoms with Crippen LogP contribution in [0, 0.1) is 0 Å². The molecule has 0 aliphatic carbocycles. The minimum Gasteiger partial charge on any atom is -0.465 e. The van der Waals surface area contributed by atoms with Crippen molar-refractivity contribution in [2.45, 2.75) is 6.54 Å². The van der Waals surface area contributed by atoms with Crippen LogP contribution in [0.25, 0.3) is 11.0 Å². The number of aromatic nitrogens is 2. The van der Waals surface area contributed by atoms with Crippen LogP contribution in [0.15, 0.2) is 54.9 Å². The van der Waals surface area contributed by atoms with Crippen molar-refractivity contribution in [2.75, 3.05) is 12.4 Å². The third-order valence-corrected chi connectivity index (χ3v) is 3.43. The number of imidazole rings is 1. The van der Waals surface area contributed by atoms with Crippen molar-refractivity contribution >= 4 is 28.6 Å². The van der Waals surface area contributed by atoms with Gasteiger partial charge < -0.3 is 14.6 Å². The van der Waals surface area contributed by atoms with Crippen molar-refractivity contribution in [2.24, 2.45) is 0 Å². The molecule has 1 aromatic heterocycles. The number of anilines is 1. The van der Waals surface area contributed by atoms with Gasteiger partial charge in [-0.2, -0.15) is 0 Å². The summed E-state index contributed by atoms with van der Waals surface area (Å²) in [7, 11) is 1.33. The zero-order valence-electron chi connectivity index (χ0n) is 12.5. The fraction of sp³-hybridized carbons (Fsp3) is 0.118. The molecule has 3 aromatic rings. The van der Waals surface area contributed by atoms with Gasteiger partial charge in [-0.05, 0) is 36.4 Å². The lowest BCUT2D eigenvalue weighted by atomic mass is 10.2. The van der Waals surface area contributed by atoms with Crippen LogP contribution < -0.4 is 5.32 Å². The zero-order valence-corrected chi connectivity index (χ0v) is 12.5. The zero-order chi connectivity index (χ0) is 16.2. The van der Waals surface area contributed by atoms with E-state index in [1.165, 1.54) is 7.11 Å². The smallest absolute Gasteiger partial charge is 0.337 e. The Morgan fingerprint density at radius 3 is 2.61 bits per heavy atom. The first kappa shape index (κ1) is 14.8. The number of hydrogen-bond donors (Lipinski definition) is 1. The number of benzene rings is 2. The molecule has 0 fully saturated rings. The Labute approximate surface area is 132 Å². The van der Waals surface area contributed by atoms with E-state index >= 15 is 0 Å². The Hall–Kier alpha value is -3.15. The maximum atomic E-state index is 12.1. The van der Waals surface area contributed by atoms with Crippen LogP contribution in [-0.4, -0.2) is 28.5 Å². The minimum atomic E-state index is -0.409. The third-order valence-electron chi connectivity index (χ3n) is 3.43. The Morgan fingerprint density at radius 2 is 1.87 bits per heavy atom. The lowest BCUT2D eigenvalue weighted by molar-refractivity contribution is -0.116. The maximum absolute atomic E-state index is 12.1. The molecule has 2 aromatic carbocycles. The summed E-state index contributed by atoms with van der Waals surface area (Å²) in [6, 6.07) is 14.2. The lowest BCUT2D eigenvalue weighted by Crippen LogP contribution is -2.18. The molecule has 0 unspecified atom stereocenters. The molecule has 0 atom stereocenters. The highest BCUT2D eigenvalue weighted by atomic mass is 16.5. The van der Waals surface area contributed by atoms with E-state index in [1.807, 2.05) is 24.3 Å². The largest absolute Gasteiger partial charge is 0.465 e. The van der Waals surface area contributed by atoms with Crippen LogP contribution in [0.1, 0.15) is 10.4 Å². The Kier molecular flexibility index (Phi) is 4.05. The standard InChI is InChI=1S/C17H15N3O3/c1-23-17(22)12-6-8-13(9-7-12)19-16(21)10-20-11-18-14-4-2-3-5-15(14)20/h2-9,11H,10H2,1H3,(H,19,21). The number of hydrogen-bond acceptors (Lipinski definition) is 4. The van der Waals surface area contributed by atoms with Crippen molar-refractivity contribution in [3.8, 4) is 0 Å². The van der Waals surface area contributed by atoms with Crippen LogP contribution in [-0.2, 0) is 16.1 Å². The molecule has 1 amide bonds. The number of nitrogens with one attached hydrogen (secondary N) is 1. The van der Waals surface area contributed by atoms with Gasteiger partial charge in [0.05, 0.1) is 30.0 Å². The molecule has 0 saturated carbocycles. The number of carbonyl (C=O) groups is 2. The summed E-state index contributed by atoms with van der Waals surface area (Å²) >= 11 is 0. The predicted octanol–water partition coefficient (Wildman–Crippen LogP) is 2.46. The number of methoxy groups -OCH3 is 1. The average Bonchev–Trinajstić information content (AvgIpc) is 2.98. The van der Waals surface area contributed by atoms with Gasteiger partial charge >= 0.3 is 5.97 Å². The monoisotopic (exact) mass is 309 g/mol. The molecule has 23 heavy (non-hydrogen) atoms. The van der Waals surface area contributed by atoms with Crippen LogP contribution in [0.3, 0.4) is 0 Å². The molecule has 6 heteroatoms. The van der Waals surface area contributed by atoms with Gasteiger partial charge in [-0.1, -0.05) is 12.1 Å². The number of carbonyl (C=O) groups excluding carboxylic acids is 2. The molecule has 0 spiro atoms. The molecule has 0 radical (unpaired) electrons. The summed E-state index contributed by atoms with van der Waals surface area (Å²) < 4.78 is 6.42. The van der Waals surface area contributed by atoms with Crippen molar-refractivity contribution < 1.29 is 14.3 Å². The predicted molar refractivity (Wildman–Crippen MR) is 86.1 cm³/mol. The van der Waals surface area contributed by atoms with E-state index in [-0.39, 0.29) is 12.5 Å². The van der Waals surface area contributed by atoms with Crippen LogP contribution in [0.2, 0.25) is 0 Å². The molecule has 0 saturated heterocycles. The van der Waals surface area contributed by atoms with E-state index in [1.54, 1.807) is 35.2 Å². The summed E-state index contributed by atoms with van der Waals surface area (Å²) in [5.74, 6) is -0.577. The van der Waals surface area contributed by atoms with Crippen molar-refractivity contribution in [3.63, 3.8) is 0 Å². The quantitative estimate of drug-likeness (QED) is 0.751. The van der Waals surface area contributed by atoms with E-state index in [4.69, 9.17) is 0 Å². The highest BCUT2D eigenvalue weighted by molar-refractivity contribution is 5.93. The van der Waals surface area contributed by atoms with Crippen molar-refractivity contribution in [3.05, 3.63) is 60.4 Å². The number of amides is 1. The second-order valence-electron chi connectivity index (χ2n) is 4.98. The number of ether oxygens (including phenoxy) is 1. The van der Waals surface area contributed by atoms with Gasteiger partial charge in [-0.3, -0.25) is 4.79 Å². The lowest BCUT2D eigenvalue weighted by Gasteiger charge is -2.07. The molecule has 3 rings (SSSR count). The van der Waals surface area contributed by atoms with E-state index < -0.39 is 5.97 Å². The fourth-order valence-corrected chi connectivity index (χ4v) is 2.30. The van der Waals surface area contributed by atoms with Gasteiger partial charge in [0.15, 0.2) is 0 Å². The van der Waals surface area contributed by atoms with E-state index in [0.717, 1.165) is 11.0 Å². The first-order valence-electron chi connectivity index (χ1n) is 7.05. The van der Waals surface area contributed by atoms with Crippen molar-refractivity contribution in [1.82, 2.24) is 9.55 Å². The van der Waals surface area contributed by atoms with Gasteiger partial charge in [0.25, 0.3) is 0 Å². The second-order valence-corrected chi connectivity index (χ2v) is 4.98. The Morgan fingerprint density at radius 1 is 1.13 bits per heavy atom. The molecule has 0 aliphatic heterocycles. The molecule has 1 heterocycles. The molecular formula is C17H15N3O3. The minimum absolute atomic E-state index is 0.166. The average molecular weight is 309 g/mol. The summed E-state index contributed by atoms with van der Waals surface area (Å²) in [6.45, 7) is 0.166. The summed E-state index contributed by atoms with van der Waals surface area (Å²) in [5, 5.41) is 2.79. The van der Waals surface area contributed by atoms with Crippen LogP contribution >= 0.6 is 0 Å². The van der Waals surface area contributed by atoms with Crippen LogP contribution in [0.4, 0.5) is 5.69 Å². The molecular weight excluding hydrogens is 294 g/mol. The summed E-state index contributed by atoms with van der Waals surface area (Å²) in [6.07, 6.45) is 1.64. The van der Waals surface area contributed by atoms with Gasteiger partial charge in [-0.25, -0.2) is 9.78 Å².